The highest BCUT2D eigenvalue weighted by Crippen LogP contribution is 2.46. The van der Waals surface area contributed by atoms with Crippen molar-refractivity contribution in [2.75, 3.05) is 12.3 Å². The van der Waals surface area contributed by atoms with Gasteiger partial charge in [0, 0.05) is 30.0 Å². The second kappa shape index (κ2) is 9.45. The number of carbonyl (C=O) groups excluding carboxylic acids is 1. The van der Waals surface area contributed by atoms with Gasteiger partial charge in [-0.05, 0) is 40.5 Å². The van der Waals surface area contributed by atoms with Crippen LogP contribution in [0.5, 0.6) is 0 Å². The van der Waals surface area contributed by atoms with Crippen LogP contribution in [0.3, 0.4) is 0 Å². The van der Waals surface area contributed by atoms with Gasteiger partial charge in [-0.25, -0.2) is 4.79 Å². The maximum Gasteiger partial charge on any atom is 0.344 e. The summed E-state index contributed by atoms with van der Waals surface area (Å²) < 4.78 is 11.7. The molecule has 1 amide bonds. The molecule has 0 unspecified atom stereocenters. The number of rotatable bonds is 6. The average molecular weight is 399 g/mol. The SMILES string of the molecule is C/C=C(/C#CC(C)(C)C)S/C(=C/N(C=O)C1CCP(=O)(O)CC1)C(=O)O. The minimum Gasteiger partial charge on any atom is -0.477 e. The number of nitrogens with zero attached hydrogens (tertiary/aromatic N) is 1. The largest absolute Gasteiger partial charge is 0.477 e. The second-order valence-electron chi connectivity index (χ2n) is 7.13. The Morgan fingerprint density at radius 3 is 2.31 bits per heavy atom. The summed E-state index contributed by atoms with van der Waals surface area (Å²) in [7, 11) is -3.09. The van der Waals surface area contributed by atoms with Gasteiger partial charge in [-0.2, -0.15) is 0 Å². The fourth-order valence-electron chi connectivity index (χ4n) is 2.26. The number of hydrogen-bond donors (Lipinski definition) is 2. The average Bonchev–Trinajstić information content (AvgIpc) is 2.53. The number of carboxylic acid groups (broad SMARTS) is 1. The zero-order valence-corrected chi connectivity index (χ0v) is 17.3. The van der Waals surface area contributed by atoms with Crippen LogP contribution in [-0.4, -0.2) is 45.6 Å². The molecule has 2 N–H and O–H groups in total. The van der Waals surface area contributed by atoms with E-state index < -0.39 is 13.3 Å². The maximum absolute atomic E-state index is 11.7. The van der Waals surface area contributed by atoms with E-state index >= 15 is 0 Å². The first-order valence-corrected chi connectivity index (χ1v) is 11.2. The highest BCUT2D eigenvalue weighted by molar-refractivity contribution is 8.07. The van der Waals surface area contributed by atoms with Gasteiger partial charge in [0.15, 0.2) is 0 Å². The van der Waals surface area contributed by atoms with E-state index in [1.165, 1.54) is 11.1 Å². The van der Waals surface area contributed by atoms with Gasteiger partial charge in [-0.3, -0.25) is 9.36 Å². The van der Waals surface area contributed by atoms with Crippen molar-refractivity contribution < 1.29 is 24.2 Å². The van der Waals surface area contributed by atoms with Gasteiger partial charge in [0.25, 0.3) is 0 Å². The van der Waals surface area contributed by atoms with Crippen LogP contribution in [0.1, 0.15) is 40.5 Å². The highest BCUT2D eigenvalue weighted by Gasteiger charge is 2.30. The molecule has 6 nitrogen and oxygen atoms in total. The zero-order valence-electron chi connectivity index (χ0n) is 15.6. The van der Waals surface area contributed by atoms with Crippen molar-refractivity contribution in [2.45, 2.75) is 46.6 Å². The molecule has 0 spiro atoms. The first-order valence-electron chi connectivity index (χ1n) is 8.33. The fraction of sp³-hybridized carbons (Fsp3) is 0.556. The molecule has 1 fully saturated rings. The number of carbonyl (C=O) groups is 2. The number of allylic oxidation sites excluding steroid dienone is 2. The quantitative estimate of drug-likeness (QED) is 0.307. The van der Waals surface area contributed by atoms with Gasteiger partial charge >= 0.3 is 5.97 Å². The Morgan fingerprint density at radius 2 is 1.88 bits per heavy atom. The lowest BCUT2D eigenvalue weighted by atomic mass is 9.98. The van der Waals surface area contributed by atoms with E-state index in [1.807, 2.05) is 20.8 Å². The van der Waals surface area contributed by atoms with E-state index in [9.17, 15) is 24.2 Å². The number of hydrogen-bond acceptors (Lipinski definition) is 4. The Bertz CT molecular complexity index is 699. The van der Waals surface area contributed by atoms with Crippen molar-refractivity contribution in [1.29, 1.82) is 0 Å². The Labute approximate surface area is 159 Å². The van der Waals surface area contributed by atoms with Gasteiger partial charge < -0.3 is 14.9 Å². The van der Waals surface area contributed by atoms with Gasteiger partial charge in [-0.1, -0.05) is 29.7 Å². The Kier molecular flexibility index (Phi) is 8.20. The first kappa shape index (κ1) is 22.6. The molecule has 0 aromatic heterocycles. The minimum absolute atomic E-state index is 0.0221. The lowest BCUT2D eigenvalue weighted by Gasteiger charge is -2.31. The molecule has 1 aliphatic rings. The van der Waals surface area contributed by atoms with Crippen LogP contribution in [0.15, 0.2) is 22.1 Å². The molecule has 144 valence electrons. The molecule has 26 heavy (non-hydrogen) atoms. The van der Waals surface area contributed by atoms with Gasteiger partial charge in [0.2, 0.25) is 13.8 Å². The van der Waals surface area contributed by atoms with Crippen molar-refractivity contribution >= 4 is 31.5 Å². The van der Waals surface area contributed by atoms with Crippen LogP contribution in [0, 0.1) is 17.3 Å². The van der Waals surface area contributed by atoms with Crippen molar-refractivity contribution in [3.63, 3.8) is 0 Å². The lowest BCUT2D eigenvalue weighted by Crippen LogP contribution is -2.34. The highest BCUT2D eigenvalue weighted by atomic mass is 32.2. The lowest BCUT2D eigenvalue weighted by molar-refractivity contribution is -0.131. The summed E-state index contributed by atoms with van der Waals surface area (Å²) in [6.07, 6.45) is 4.62. The van der Waals surface area contributed by atoms with Crippen LogP contribution < -0.4 is 0 Å². The summed E-state index contributed by atoms with van der Waals surface area (Å²) in [5.41, 5.74) is -0.211. The Morgan fingerprint density at radius 1 is 1.31 bits per heavy atom. The van der Waals surface area contributed by atoms with Crippen LogP contribution >= 0.6 is 19.1 Å². The number of thioether (sulfide) groups is 1. The van der Waals surface area contributed by atoms with Crippen molar-refractivity contribution in [2.24, 2.45) is 5.41 Å². The van der Waals surface area contributed by atoms with Gasteiger partial charge in [-0.15, -0.1) is 0 Å². The third-order valence-electron chi connectivity index (χ3n) is 3.69. The molecule has 0 aromatic rings. The van der Waals surface area contributed by atoms with Gasteiger partial charge in [0.1, 0.15) is 4.91 Å². The Hall–Kier alpha value is -1.48. The van der Waals surface area contributed by atoms with E-state index in [4.69, 9.17) is 0 Å². The summed E-state index contributed by atoms with van der Waals surface area (Å²) >= 11 is 0.990. The third-order valence-corrected chi connectivity index (χ3v) is 6.66. The predicted molar refractivity (Wildman–Crippen MR) is 105 cm³/mol. The first-order chi connectivity index (χ1) is 12.0. The normalized spacial score (nSPS) is 24.4. The topological polar surface area (TPSA) is 94.9 Å². The van der Waals surface area contributed by atoms with Crippen molar-refractivity contribution in [3.8, 4) is 11.8 Å². The zero-order chi connectivity index (χ0) is 20.0. The van der Waals surface area contributed by atoms with Crippen LogP contribution in [0.25, 0.3) is 0 Å². The molecule has 0 atom stereocenters. The number of amides is 1. The molecule has 0 aliphatic carbocycles. The van der Waals surface area contributed by atoms with Crippen LogP contribution in [-0.2, 0) is 14.2 Å². The molecule has 8 heteroatoms. The molecule has 0 aromatic carbocycles. The van der Waals surface area contributed by atoms with Crippen molar-refractivity contribution in [3.05, 3.63) is 22.1 Å². The van der Waals surface area contributed by atoms with Crippen LogP contribution in [0.4, 0.5) is 0 Å². The second-order valence-corrected chi connectivity index (χ2v) is 10.8. The Balaban J connectivity index is 2.99. The number of aliphatic carboxylic acids is 1. The summed E-state index contributed by atoms with van der Waals surface area (Å²) in [6.45, 7) is 7.66. The molecule has 1 rings (SSSR count). The molecule has 0 radical (unpaired) electrons. The van der Waals surface area contributed by atoms with E-state index in [1.54, 1.807) is 13.0 Å². The third kappa shape index (κ3) is 7.82. The summed E-state index contributed by atoms with van der Waals surface area (Å²) in [5, 5.41) is 9.48. The van der Waals surface area contributed by atoms with E-state index in [0.717, 1.165) is 11.8 Å². The summed E-state index contributed by atoms with van der Waals surface area (Å²) in [6, 6.07) is -0.272. The van der Waals surface area contributed by atoms with Gasteiger partial charge in [0.05, 0.1) is 4.91 Å². The molecule has 0 saturated carbocycles. The molecule has 1 heterocycles. The van der Waals surface area contributed by atoms with Crippen molar-refractivity contribution in [1.82, 2.24) is 4.90 Å². The monoisotopic (exact) mass is 399 g/mol. The fourth-order valence-corrected chi connectivity index (χ4v) is 4.61. The summed E-state index contributed by atoms with van der Waals surface area (Å²) in [4.78, 5) is 34.5. The minimum atomic E-state index is -3.09. The maximum atomic E-state index is 11.7. The summed E-state index contributed by atoms with van der Waals surface area (Å²) in [5.74, 6) is 4.87. The smallest absolute Gasteiger partial charge is 0.344 e. The standard InChI is InChI=1S/C18H26NO5PS/c1-5-15(6-9-18(2,3)4)26-16(17(21)22)12-19(13-20)14-7-10-25(23,24)11-8-14/h5,12-14H,7-8,10-11H2,1-4H3,(H,21,22)(H,23,24)/b15-5-,16-12+. The molecule has 1 saturated heterocycles. The molecule has 1 aliphatic heterocycles. The van der Waals surface area contributed by atoms with E-state index in [0.29, 0.717) is 24.2 Å². The van der Waals surface area contributed by atoms with Crippen LogP contribution in [0.2, 0.25) is 0 Å². The molecular weight excluding hydrogens is 373 g/mol. The van der Waals surface area contributed by atoms with E-state index in [2.05, 4.69) is 11.8 Å². The number of carboxylic acids is 1. The predicted octanol–water partition coefficient (Wildman–Crippen LogP) is 3.49. The van der Waals surface area contributed by atoms with E-state index in [-0.39, 0.29) is 28.7 Å². The molecule has 0 bridgehead atoms. The molecular formula is C18H26NO5PS.